The molecule has 0 aromatic rings. The Morgan fingerprint density at radius 1 is 1.38 bits per heavy atom. The maximum Gasteiger partial charge on any atom is 0.145 e. The standard InChI is InChI=1S/C10H16N2O/c13-7-9-5-8(6-12-9)10-3-1-2-4-11-10/h8,10-12H,1-6H2. The van der Waals surface area contributed by atoms with Gasteiger partial charge in [0.2, 0.25) is 0 Å². The molecule has 0 radical (unpaired) electrons. The summed E-state index contributed by atoms with van der Waals surface area (Å²) < 4.78 is 0. The van der Waals surface area contributed by atoms with Gasteiger partial charge in [-0.1, -0.05) is 6.42 Å². The van der Waals surface area contributed by atoms with Crippen LogP contribution in [0, 0.1) is 5.92 Å². The van der Waals surface area contributed by atoms with Gasteiger partial charge in [0, 0.05) is 19.0 Å². The van der Waals surface area contributed by atoms with E-state index in [2.05, 4.69) is 10.6 Å². The van der Waals surface area contributed by atoms with Crippen LogP contribution in [0.3, 0.4) is 0 Å². The average Bonchev–Trinajstić information content (AvgIpc) is 2.67. The third kappa shape index (κ3) is 1.93. The zero-order valence-corrected chi connectivity index (χ0v) is 7.81. The molecular weight excluding hydrogens is 164 g/mol. The van der Waals surface area contributed by atoms with E-state index in [4.69, 9.17) is 0 Å². The topological polar surface area (TPSA) is 41.1 Å². The molecule has 0 amide bonds. The Balaban J connectivity index is 1.90. The van der Waals surface area contributed by atoms with E-state index in [0.717, 1.165) is 25.2 Å². The molecule has 0 aromatic carbocycles. The number of piperidine rings is 1. The minimum atomic E-state index is 0.608. The monoisotopic (exact) mass is 180 g/mol. The first-order chi connectivity index (χ1) is 6.40. The molecule has 0 aliphatic carbocycles. The molecule has 3 nitrogen and oxygen atoms in total. The van der Waals surface area contributed by atoms with Crippen molar-refractivity contribution in [3.63, 3.8) is 0 Å². The van der Waals surface area contributed by atoms with Gasteiger partial charge in [-0.05, 0) is 25.3 Å². The van der Waals surface area contributed by atoms with Crippen molar-refractivity contribution in [1.82, 2.24) is 10.6 Å². The van der Waals surface area contributed by atoms with E-state index >= 15 is 0 Å². The third-order valence-electron chi connectivity index (χ3n) is 3.08. The van der Waals surface area contributed by atoms with Crippen molar-refractivity contribution in [3.8, 4) is 0 Å². The van der Waals surface area contributed by atoms with Crippen molar-refractivity contribution in [2.75, 3.05) is 13.1 Å². The number of rotatable bonds is 1. The van der Waals surface area contributed by atoms with E-state index in [1.54, 1.807) is 0 Å². The highest BCUT2D eigenvalue weighted by Gasteiger charge is 2.28. The lowest BCUT2D eigenvalue weighted by Gasteiger charge is -2.27. The van der Waals surface area contributed by atoms with Gasteiger partial charge in [0.1, 0.15) is 5.94 Å². The van der Waals surface area contributed by atoms with Crippen molar-refractivity contribution in [1.29, 1.82) is 0 Å². The van der Waals surface area contributed by atoms with Crippen LogP contribution in [0.15, 0.2) is 5.70 Å². The van der Waals surface area contributed by atoms with Crippen LogP contribution in [-0.4, -0.2) is 25.1 Å². The molecule has 2 rings (SSSR count). The van der Waals surface area contributed by atoms with Gasteiger partial charge >= 0.3 is 0 Å². The van der Waals surface area contributed by atoms with E-state index in [9.17, 15) is 4.79 Å². The van der Waals surface area contributed by atoms with E-state index in [1.807, 2.05) is 5.94 Å². The Morgan fingerprint density at radius 2 is 2.31 bits per heavy atom. The first-order valence-electron chi connectivity index (χ1n) is 5.11. The normalized spacial score (nSPS) is 34.0. The van der Waals surface area contributed by atoms with Crippen LogP contribution in [0.4, 0.5) is 0 Å². The highest BCUT2D eigenvalue weighted by atomic mass is 16.1. The van der Waals surface area contributed by atoms with Gasteiger partial charge in [-0.25, -0.2) is 4.79 Å². The van der Waals surface area contributed by atoms with Crippen LogP contribution in [0.25, 0.3) is 0 Å². The van der Waals surface area contributed by atoms with E-state index in [-0.39, 0.29) is 0 Å². The third-order valence-corrected chi connectivity index (χ3v) is 3.08. The lowest BCUT2D eigenvalue weighted by Crippen LogP contribution is -2.40. The van der Waals surface area contributed by atoms with Gasteiger partial charge in [-0.15, -0.1) is 0 Å². The molecule has 2 aliphatic rings. The molecule has 2 fully saturated rings. The summed E-state index contributed by atoms with van der Waals surface area (Å²) in [4.78, 5) is 10.4. The van der Waals surface area contributed by atoms with Crippen LogP contribution < -0.4 is 10.6 Å². The molecule has 2 saturated heterocycles. The first kappa shape index (κ1) is 8.79. The van der Waals surface area contributed by atoms with E-state index in [1.165, 1.54) is 19.3 Å². The number of nitrogens with one attached hydrogen (secondary N) is 2. The molecule has 2 atom stereocenters. The summed E-state index contributed by atoms with van der Waals surface area (Å²) >= 11 is 0. The molecule has 72 valence electrons. The molecule has 0 saturated carbocycles. The van der Waals surface area contributed by atoms with E-state index < -0.39 is 0 Å². The second-order valence-electron chi connectivity index (χ2n) is 3.98. The van der Waals surface area contributed by atoms with Gasteiger partial charge in [0.25, 0.3) is 0 Å². The van der Waals surface area contributed by atoms with Gasteiger partial charge in [-0.3, -0.25) is 0 Å². The second kappa shape index (κ2) is 3.95. The quantitative estimate of drug-likeness (QED) is 0.576. The average molecular weight is 180 g/mol. The lowest BCUT2D eigenvalue weighted by atomic mass is 9.91. The first-order valence-corrected chi connectivity index (χ1v) is 5.11. The second-order valence-corrected chi connectivity index (χ2v) is 3.98. The predicted molar refractivity (Wildman–Crippen MR) is 51.0 cm³/mol. The summed E-state index contributed by atoms with van der Waals surface area (Å²) in [5, 5.41) is 6.63. The molecular formula is C10H16N2O. The fraction of sp³-hybridized carbons (Fsp3) is 0.800. The Labute approximate surface area is 78.6 Å². The summed E-state index contributed by atoms with van der Waals surface area (Å²) in [5.41, 5.74) is 0.761. The van der Waals surface area contributed by atoms with Gasteiger partial charge in [-0.2, -0.15) is 0 Å². The number of hydrogen-bond acceptors (Lipinski definition) is 3. The molecule has 2 N–H and O–H groups in total. The summed E-state index contributed by atoms with van der Waals surface area (Å²) in [6.07, 6.45) is 4.78. The smallest absolute Gasteiger partial charge is 0.145 e. The van der Waals surface area contributed by atoms with Crippen molar-refractivity contribution in [2.45, 2.75) is 31.7 Å². The van der Waals surface area contributed by atoms with Crippen LogP contribution in [-0.2, 0) is 4.79 Å². The maximum absolute atomic E-state index is 10.4. The van der Waals surface area contributed by atoms with Crippen molar-refractivity contribution in [2.24, 2.45) is 5.92 Å². The van der Waals surface area contributed by atoms with Crippen molar-refractivity contribution < 1.29 is 4.79 Å². The SMILES string of the molecule is O=C=C1CC(C2CCCCN2)CN1. The van der Waals surface area contributed by atoms with Gasteiger partial charge in [0.15, 0.2) is 0 Å². The Bertz CT molecular complexity index is 227. The Kier molecular flexibility index (Phi) is 2.67. The number of allylic oxidation sites excluding steroid dienone is 1. The lowest BCUT2D eigenvalue weighted by molar-refractivity contribution is 0.311. The molecule has 13 heavy (non-hydrogen) atoms. The largest absolute Gasteiger partial charge is 0.379 e. The van der Waals surface area contributed by atoms with Crippen LogP contribution in [0.2, 0.25) is 0 Å². The number of carbonyl (C=O) groups excluding carboxylic acids is 1. The van der Waals surface area contributed by atoms with Gasteiger partial charge in [0.05, 0.1) is 5.70 Å². The number of hydrogen-bond donors (Lipinski definition) is 2. The van der Waals surface area contributed by atoms with E-state index in [0.29, 0.717) is 12.0 Å². The minimum absolute atomic E-state index is 0.608. The zero-order valence-electron chi connectivity index (χ0n) is 7.81. The highest BCUT2D eigenvalue weighted by molar-refractivity contribution is 5.52. The highest BCUT2D eigenvalue weighted by Crippen LogP contribution is 2.23. The van der Waals surface area contributed by atoms with Crippen LogP contribution >= 0.6 is 0 Å². The molecule has 2 aliphatic heterocycles. The molecule has 0 bridgehead atoms. The molecule has 0 spiro atoms. The van der Waals surface area contributed by atoms with Crippen LogP contribution in [0.5, 0.6) is 0 Å². The van der Waals surface area contributed by atoms with Gasteiger partial charge < -0.3 is 10.6 Å². The van der Waals surface area contributed by atoms with Crippen molar-refractivity contribution in [3.05, 3.63) is 5.70 Å². The minimum Gasteiger partial charge on any atom is -0.379 e. The molecule has 2 unspecified atom stereocenters. The molecule has 0 aromatic heterocycles. The molecule has 3 heteroatoms. The summed E-state index contributed by atoms with van der Waals surface area (Å²) in [5.74, 6) is 2.57. The fourth-order valence-corrected chi connectivity index (χ4v) is 2.30. The predicted octanol–water partition coefficient (Wildman–Crippen LogP) is 0.453. The van der Waals surface area contributed by atoms with Crippen molar-refractivity contribution >= 4 is 5.94 Å². The summed E-state index contributed by atoms with van der Waals surface area (Å²) in [7, 11) is 0. The zero-order chi connectivity index (χ0) is 9.10. The van der Waals surface area contributed by atoms with Crippen LogP contribution in [0.1, 0.15) is 25.7 Å². The summed E-state index contributed by atoms with van der Waals surface area (Å²) in [6, 6.07) is 0.618. The Morgan fingerprint density at radius 3 is 2.92 bits per heavy atom. The maximum atomic E-state index is 10.4. The fourth-order valence-electron chi connectivity index (χ4n) is 2.30. The summed E-state index contributed by atoms with van der Waals surface area (Å²) in [6.45, 7) is 2.09. The molecule has 2 heterocycles. The Hall–Kier alpha value is -0.790.